The zero-order valence-electron chi connectivity index (χ0n) is 15.0. The molecule has 26 heavy (non-hydrogen) atoms. The monoisotopic (exact) mass is 372 g/mol. The number of hydrogen-bond donors (Lipinski definition) is 5. The highest BCUT2D eigenvalue weighted by Crippen LogP contribution is 2.28. The van der Waals surface area contributed by atoms with Gasteiger partial charge < -0.3 is 30.5 Å². The number of aliphatic hydroxyl groups is 3. The Morgan fingerprint density at radius 3 is 2.65 bits per heavy atom. The fraction of sp³-hybridized carbons (Fsp3) is 0.812. The maximum absolute atomic E-state index is 11.1. The lowest BCUT2D eigenvalue weighted by Gasteiger charge is -2.38. The number of aromatic nitrogens is 3. The van der Waals surface area contributed by atoms with E-state index in [1.807, 2.05) is 0 Å². The number of aliphatic hydroxyl groups excluding tert-OH is 3. The average molecular weight is 372 g/mol. The molecule has 2 rings (SSSR count). The smallest absolute Gasteiger partial charge is 0.335 e. The van der Waals surface area contributed by atoms with Gasteiger partial charge >= 0.3 is 5.97 Å². The van der Waals surface area contributed by atoms with Gasteiger partial charge in [-0.2, -0.15) is 0 Å². The van der Waals surface area contributed by atoms with Crippen LogP contribution in [-0.2, 0) is 16.0 Å². The van der Waals surface area contributed by atoms with E-state index < -0.39 is 36.6 Å². The molecule has 10 nitrogen and oxygen atoms in total. The number of carboxylic acids is 1. The van der Waals surface area contributed by atoms with Crippen LogP contribution in [0.3, 0.4) is 0 Å². The first-order chi connectivity index (χ1) is 12.3. The van der Waals surface area contributed by atoms with Crippen molar-refractivity contribution in [1.82, 2.24) is 20.3 Å². The van der Waals surface area contributed by atoms with Crippen molar-refractivity contribution in [2.45, 2.75) is 63.8 Å². The van der Waals surface area contributed by atoms with Crippen molar-refractivity contribution >= 4 is 5.97 Å². The van der Waals surface area contributed by atoms with Crippen molar-refractivity contribution in [3.05, 3.63) is 11.9 Å². The zero-order chi connectivity index (χ0) is 19.3. The molecule has 1 aliphatic rings. The van der Waals surface area contributed by atoms with Crippen molar-refractivity contribution in [3.63, 3.8) is 0 Å². The van der Waals surface area contributed by atoms with Crippen LogP contribution in [0.5, 0.6) is 0 Å². The normalized spacial score (nSPS) is 29.2. The Balaban J connectivity index is 1.88. The topological polar surface area (TPSA) is 150 Å². The van der Waals surface area contributed by atoms with E-state index in [0.717, 1.165) is 25.9 Å². The van der Waals surface area contributed by atoms with Crippen LogP contribution in [0.15, 0.2) is 6.20 Å². The van der Waals surface area contributed by atoms with Gasteiger partial charge in [0.25, 0.3) is 0 Å². The third-order valence-corrected chi connectivity index (χ3v) is 4.34. The van der Waals surface area contributed by atoms with Gasteiger partial charge in [0.15, 0.2) is 12.3 Å². The highest BCUT2D eigenvalue weighted by atomic mass is 16.6. The van der Waals surface area contributed by atoms with Crippen LogP contribution in [0.4, 0.5) is 0 Å². The van der Waals surface area contributed by atoms with E-state index in [9.17, 15) is 20.1 Å². The fourth-order valence-electron chi connectivity index (χ4n) is 2.75. The first-order valence-electron chi connectivity index (χ1n) is 8.85. The van der Waals surface area contributed by atoms with E-state index >= 15 is 0 Å². The minimum absolute atomic E-state index is 0.658. The summed E-state index contributed by atoms with van der Waals surface area (Å²) in [5, 5.41) is 49.9. The summed E-state index contributed by atoms with van der Waals surface area (Å²) >= 11 is 0. The number of ether oxygens (including phenoxy) is 1. The average Bonchev–Trinajstić information content (AvgIpc) is 3.04. The Morgan fingerprint density at radius 2 is 2.00 bits per heavy atom. The van der Waals surface area contributed by atoms with Crippen molar-refractivity contribution in [1.29, 1.82) is 0 Å². The van der Waals surface area contributed by atoms with E-state index in [1.54, 1.807) is 6.20 Å². The Bertz CT molecular complexity index is 581. The molecule has 1 saturated heterocycles. The van der Waals surface area contributed by atoms with E-state index in [0.29, 0.717) is 18.0 Å². The molecule has 0 spiro atoms. The van der Waals surface area contributed by atoms with E-state index in [1.165, 1.54) is 4.68 Å². The minimum Gasteiger partial charge on any atom is -0.479 e. The second-order valence-corrected chi connectivity index (χ2v) is 6.98. The molecule has 148 valence electrons. The highest BCUT2D eigenvalue weighted by Gasteiger charge is 2.48. The quantitative estimate of drug-likeness (QED) is 0.341. The van der Waals surface area contributed by atoms with E-state index in [4.69, 9.17) is 9.84 Å². The van der Waals surface area contributed by atoms with Crippen LogP contribution in [0.25, 0.3) is 0 Å². The first-order valence-corrected chi connectivity index (χ1v) is 8.85. The Kier molecular flexibility index (Phi) is 7.47. The van der Waals surface area contributed by atoms with E-state index in [2.05, 4.69) is 29.5 Å². The van der Waals surface area contributed by atoms with Gasteiger partial charge in [0.05, 0.1) is 11.9 Å². The zero-order valence-corrected chi connectivity index (χ0v) is 15.0. The molecule has 10 heteroatoms. The van der Waals surface area contributed by atoms with Gasteiger partial charge in [0.2, 0.25) is 0 Å². The summed E-state index contributed by atoms with van der Waals surface area (Å²) < 4.78 is 6.39. The van der Waals surface area contributed by atoms with Crippen LogP contribution in [0, 0.1) is 5.92 Å². The third kappa shape index (κ3) is 5.21. The predicted octanol–water partition coefficient (Wildman–Crippen LogP) is -1.09. The molecule has 5 atom stereocenters. The number of aliphatic carboxylic acids is 1. The molecule has 0 amide bonds. The molecule has 0 aromatic carbocycles. The van der Waals surface area contributed by atoms with Crippen LogP contribution in [0.1, 0.15) is 38.6 Å². The molecule has 0 bridgehead atoms. The second-order valence-electron chi connectivity index (χ2n) is 6.98. The number of nitrogens with zero attached hydrogens (tertiary/aromatic N) is 3. The van der Waals surface area contributed by atoms with Crippen LogP contribution in [-0.4, -0.2) is 78.9 Å². The highest BCUT2D eigenvalue weighted by molar-refractivity contribution is 5.73. The third-order valence-electron chi connectivity index (χ3n) is 4.34. The number of hydrogen-bond acceptors (Lipinski definition) is 8. The molecule has 5 N–H and O–H groups in total. The standard InChI is InChI=1S/C16H28N4O6/c1-9(2)5-7-17-6-3-4-10-8-20(19-18-10)15-13(23)11(21)12(22)14(26-15)16(24)25/h8-9,11-15,17,21-23H,3-7H2,1-2H3,(H,24,25). The van der Waals surface area contributed by atoms with Crippen molar-refractivity contribution < 1.29 is 30.0 Å². The Hall–Kier alpha value is -1.59. The summed E-state index contributed by atoms with van der Waals surface area (Å²) in [7, 11) is 0. The SMILES string of the molecule is CC(C)CCNCCCc1cn(C2OC(C(=O)O)C(O)C(O)C2O)nn1. The van der Waals surface area contributed by atoms with Gasteiger partial charge in [0.1, 0.15) is 18.3 Å². The lowest BCUT2D eigenvalue weighted by Crippen LogP contribution is -2.57. The number of carbonyl (C=O) groups is 1. The minimum atomic E-state index is -1.72. The molecule has 0 aliphatic carbocycles. The Labute approximate surface area is 151 Å². The molecule has 1 aliphatic heterocycles. The van der Waals surface area contributed by atoms with Gasteiger partial charge in [-0.3, -0.25) is 0 Å². The summed E-state index contributed by atoms with van der Waals surface area (Å²) in [6.07, 6.45) is -3.62. The van der Waals surface area contributed by atoms with Crippen LogP contribution >= 0.6 is 0 Å². The van der Waals surface area contributed by atoms with E-state index in [-0.39, 0.29) is 0 Å². The van der Waals surface area contributed by atoms with Gasteiger partial charge in [-0.1, -0.05) is 19.1 Å². The fourth-order valence-corrected chi connectivity index (χ4v) is 2.75. The maximum atomic E-state index is 11.1. The molecule has 5 unspecified atom stereocenters. The second kappa shape index (κ2) is 9.38. The molecule has 0 saturated carbocycles. The number of nitrogens with one attached hydrogen (secondary N) is 1. The van der Waals surface area contributed by atoms with Crippen molar-refractivity contribution in [2.24, 2.45) is 5.92 Å². The summed E-state index contributed by atoms with van der Waals surface area (Å²) in [6.45, 7) is 6.15. The predicted molar refractivity (Wildman–Crippen MR) is 90.2 cm³/mol. The van der Waals surface area contributed by atoms with Gasteiger partial charge in [-0.15, -0.1) is 5.10 Å². The number of carboxylic acid groups (broad SMARTS) is 1. The van der Waals surface area contributed by atoms with Gasteiger partial charge in [0, 0.05) is 0 Å². The lowest BCUT2D eigenvalue weighted by molar-refractivity contribution is -0.249. The van der Waals surface area contributed by atoms with Crippen LogP contribution < -0.4 is 5.32 Å². The number of aryl methyl sites for hydroxylation is 1. The number of rotatable bonds is 9. The van der Waals surface area contributed by atoms with Gasteiger partial charge in [-0.05, 0) is 38.3 Å². The lowest BCUT2D eigenvalue weighted by atomic mass is 9.98. The summed E-state index contributed by atoms with van der Waals surface area (Å²) in [4.78, 5) is 11.1. The maximum Gasteiger partial charge on any atom is 0.335 e. The van der Waals surface area contributed by atoms with Crippen molar-refractivity contribution in [2.75, 3.05) is 13.1 Å². The summed E-state index contributed by atoms with van der Waals surface area (Å²) in [5.41, 5.74) is 0.666. The van der Waals surface area contributed by atoms with Gasteiger partial charge in [-0.25, -0.2) is 9.48 Å². The summed E-state index contributed by atoms with van der Waals surface area (Å²) in [5.74, 6) is -0.769. The van der Waals surface area contributed by atoms with Crippen molar-refractivity contribution in [3.8, 4) is 0 Å². The molecular formula is C16H28N4O6. The molecule has 1 aromatic rings. The molecule has 0 radical (unpaired) electrons. The largest absolute Gasteiger partial charge is 0.479 e. The molecule has 1 aromatic heterocycles. The summed E-state index contributed by atoms with van der Waals surface area (Å²) in [6, 6.07) is 0. The Morgan fingerprint density at radius 1 is 1.27 bits per heavy atom. The van der Waals surface area contributed by atoms with Crippen LogP contribution in [0.2, 0.25) is 0 Å². The molecule has 2 heterocycles. The first kappa shape index (κ1) is 20.7. The molecule has 1 fully saturated rings. The molecular weight excluding hydrogens is 344 g/mol.